The Morgan fingerprint density at radius 2 is 2.22 bits per heavy atom. The summed E-state index contributed by atoms with van der Waals surface area (Å²) in [4.78, 5) is 7.80. The highest BCUT2D eigenvalue weighted by atomic mass is 79.9. The molecule has 3 nitrogen and oxygen atoms in total. The lowest BCUT2D eigenvalue weighted by Gasteiger charge is -2.29. The molecule has 2 unspecified atom stereocenters. The van der Waals surface area contributed by atoms with Crippen LogP contribution >= 0.6 is 28.1 Å². The average molecular weight is 326 g/mol. The molecule has 1 N–H and O–H groups in total. The molecule has 0 saturated heterocycles. The first-order valence-corrected chi connectivity index (χ1v) is 7.62. The molecule has 96 valence electrons. The fourth-order valence-corrected chi connectivity index (χ4v) is 3.64. The molecule has 1 aliphatic carbocycles. The van der Waals surface area contributed by atoms with E-state index in [9.17, 15) is 0 Å². The van der Waals surface area contributed by atoms with Crippen molar-refractivity contribution in [3.05, 3.63) is 21.5 Å². The van der Waals surface area contributed by atoms with Crippen LogP contribution in [0.3, 0.4) is 0 Å². The Labute approximate surface area is 120 Å². The van der Waals surface area contributed by atoms with Crippen molar-refractivity contribution in [3.8, 4) is 0 Å². The number of rotatable bonds is 1. The first kappa shape index (κ1) is 12.4. The summed E-state index contributed by atoms with van der Waals surface area (Å²) in [5.74, 6) is 0.676. The first-order chi connectivity index (χ1) is 8.66. The zero-order valence-electron chi connectivity index (χ0n) is 10.3. The number of aromatic nitrogens is 3. The Balaban J connectivity index is 2.16. The Morgan fingerprint density at radius 3 is 3.00 bits per heavy atom. The summed E-state index contributed by atoms with van der Waals surface area (Å²) in [5.41, 5.74) is 2.01. The normalized spacial score (nSPS) is 24.6. The second-order valence-corrected chi connectivity index (χ2v) is 6.46. The third-order valence-electron chi connectivity index (χ3n) is 3.92. The molecule has 2 aromatic heterocycles. The zero-order valence-corrected chi connectivity index (χ0v) is 12.7. The Bertz CT molecular complexity index is 631. The predicted octanol–water partition coefficient (Wildman–Crippen LogP) is 4.61. The van der Waals surface area contributed by atoms with Gasteiger partial charge in [0.15, 0.2) is 10.4 Å². The highest BCUT2D eigenvalue weighted by Crippen LogP contribution is 2.35. The van der Waals surface area contributed by atoms with Gasteiger partial charge in [0.2, 0.25) is 0 Å². The molecule has 1 aliphatic rings. The number of hydrogen-bond donors (Lipinski definition) is 1. The smallest absolute Gasteiger partial charge is 0.179 e. The summed E-state index contributed by atoms with van der Waals surface area (Å²) < 4.78 is 4.01. The average Bonchev–Trinajstić information content (AvgIpc) is 2.65. The molecular formula is C13H16BrN3S. The van der Waals surface area contributed by atoms with E-state index in [2.05, 4.69) is 37.4 Å². The van der Waals surface area contributed by atoms with Gasteiger partial charge < -0.3 is 4.98 Å². The van der Waals surface area contributed by atoms with Gasteiger partial charge in [-0.15, -0.1) is 0 Å². The fourth-order valence-electron chi connectivity index (χ4n) is 2.98. The number of hydrogen-bond acceptors (Lipinski definition) is 2. The molecule has 3 rings (SSSR count). The molecule has 5 heteroatoms. The lowest BCUT2D eigenvalue weighted by Crippen LogP contribution is -2.21. The van der Waals surface area contributed by atoms with Crippen LogP contribution in [-0.4, -0.2) is 14.5 Å². The van der Waals surface area contributed by atoms with E-state index in [-0.39, 0.29) is 0 Å². The molecule has 0 bridgehead atoms. The Hall–Kier alpha value is -0.680. The van der Waals surface area contributed by atoms with E-state index in [4.69, 9.17) is 12.2 Å². The monoisotopic (exact) mass is 325 g/mol. The van der Waals surface area contributed by atoms with Gasteiger partial charge in [-0.2, -0.15) is 0 Å². The van der Waals surface area contributed by atoms with Crippen LogP contribution in [0.2, 0.25) is 0 Å². The standard InChI is InChI=1S/C13H16BrN3S/c1-8-4-2-3-5-11(8)17-12-10(16-13(17)18)6-9(14)7-15-12/h6-8,11H,2-5H2,1H3,(H,16,18). The minimum absolute atomic E-state index is 0.494. The van der Waals surface area contributed by atoms with E-state index in [0.717, 1.165) is 20.4 Å². The van der Waals surface area contributed by atoms with Gasteiger partial charge in [0, 0.05) is 16.7 Å². The van der Waals surface area contributed by atoms with E-state index in [0.29, 0.717) is 12.0 Å². The number of fused-ring (bicyclic) bond motifs is 1. The van der Waals surface area contributed by atoms with Crippen LogP contribution in [0.5, 0.6) is 0 Å². The number of nitrogens with zero attached hydrogens (tertiary/aromatic N) is 2. The van der Waals surface area contributed by atoms with E-state index >= 15 is 0 Å². The van der Waals surface area contributed by atoms with Gasteiger partial charge in [-0.3, -0.25) is 4.57 Å². The summed E-state index contributed by atoms with van der Waals surface area (Å²) in [5, 5.41) is 0. The largest absolute Gasteiger partial charge is 0.329 e. The van der Waals surface area contributed by atoms with Crippen molar-refractivity contribution in [2.75, 3.05) is 0 Å². The van der Waals surface area contributed by atoms with E-state index in [1.54, 1.807) is 0 Å². The van der Waals surface area contributed by atoms with Gasteiger partial charge in [-0.25, -0.2) is 4.98 Å². The minimum atomic E-state index is 0.494. The maximum atomic E-state index is 5.48. The van der Waals surface area contributed by atoms with Crippen LogP contribution in [0.15, 0.2) is 16.7 Å². The number of aromatic amines is 1. The second kappa shape index (κ2) is 4.78. The maximum absolute atomic E-state index is 5.48. The number of imidazole rings is 1. The van der Waals surface area contributed by atoms with Gasteiger partial charge in [0.1, 0.15) is 0 Å². The third kappa shape index (κ3) is 2.03. The third-order valence-corrected chi connectivity index (χ3v) is 4.65. The number of halogens is 1. The topological polar surface area (TPSA) is 33.6 Å². The van der Waals surface area contributed by atoms with Crippen molar-refractivity contribution in [3.63, 3.8) is 0 Å². The van der Waals surface area contributed by atoms with Crippen molar-refractivity contribution in [1.29, 1.82) is 0 Å². The number of H-pyrrole nitrogens is 1. The predicted molar refractivity (Wildman–Crippen MR) is 79.3 cm³/mol. The SMILES string of the molecule is CC1CCCCC1n1c(=S)[nH]c2cc(Br)cnc21. The minimum Gasteiger partial charge on any atom is -0.329 e. The van der Waals surface area contributed by atoms with E-state index in [1.807, 2.05) is 12.3 Å². The van der Waals surface area contributed by atoms with Crippen LogP contribution in [0.1, 0.15) is 38.6 Å². The Morgan fingerprint density at radius 1 is 1.44 bits per heavy atom. The highest BCUT2D eigenvalue weighted by molar-refractivity contribution is 9.10. The van der Waals surface area contributed by atoms with Crippen molar-refractivity contribution >= 4 is 39.3 Å². The van der Waals surface area contributed by atoms with Crippen LogP contribution in [0, 0.1) is 10.7 Å². The molecule has 0 amide bonds. The molecule has 18 heavy (non-hydrogen) atoms. The molecule has 0 aromatic carbocycles. The lowest BCUT2D eigenvalue weighted by atomic mass is 9.86. The van der Waals surface area contributed by atoms with Crippen molar-refractivity contribution in [1.82, 2.24) is 14.5 Å². The summed E-state index contributed by atoms with van der Waals surface area (Å²) >= 11 is 8.93. The van der Waals surface area contributed by atoms with Crippen LogP contribution in [0.4, 0.5) is 0 Å². The first-order valence-electron chi connectivity index (χ1n) is 6.42. The molecule has 0 spiro atoms. The summed E-state index contributed by atoms with van der Waals surface area (Å²) in [6.45, 7) is 2.32. The van der Waals surface area contributed by atoms with Gasteiger partial charge >= 0.3 is 0 Å². The summed E-state index contributed by atoms with van der Waals surface area (Å²) in [7, 11) is 0. The fraction of sp³-hybridized carbons (Fsp3) is 0.538. The molecule has 2 aromatic rings. The summed E-state index contributed by atoms with van der Waals surface area (Å²) in [6, 6.07) is 2.54. The van der Waals surface area contributed by atoms with E-state index < -0.39 is 0 Å². The van der Waals surface area contributed by atoms with Gasteiger partial charge in [-0.05, 0) is 53.0 Å². The van der Waals surface area contributed by atoms with Gasteiger partial charge in [-0.1, -0.05) is 19.8 Å². The molecule has 0 radical (unpaired) electrons. The van der Waals surface area contributed by atoms with Crippen LogP contribution in [-0.2, 0) is 0 Å². The quantitative estimate of drug-likeness (QED) is 0.777. The number of pyridine rings is 1. The molecule has 1 saturated carbocycles. The van der Waals surface area contributed by atoms with Gasteiger partial charge in [0.25, 0.3) is 0 Å². The molecule has 2 atom stereocenters. The number of nitrogens with one attached hydrogen (secondary N) is 1. The van der Waals surface area contributed by atoms with E-state index in [1.165, 1.54) is 25.7 Å². The maximum Gasteiger partial charge on any atom is 0.179 e. The Kier molecular flexibility index (Phi) is 3.28. The highest BCUT2D eigenvalue weighted by Gasteiger charge is 2.25. The van der Waals surface area contributed by atoms with Crippen molar-refractivity contribution in [2.24, 2.45) is 5.92 Å². The second-order valence-electron chi connectivity index (χ2n) is 5.15. The lowest BCUT2D eigenvalue weighted by molar-refractivity contribution is 0.259. The molecule has 0 aliphatic heterocycles. The van der Waals surface area contributed by atoms with Crippen LogP contribution in [0.25, 0.3) is 11.2 Å². The zero-order chi connectivity index (χ0) is 12.7. The van der Waals surface area contributed by atoms with Crippen molar-refractivity contribution in [2.45, 2.75) is 38.6 Å². The van der Waals surface area contributed by atoms with Gasteiger partial charge in [0.05, 0.1) is 5.52 Å². The molecule has 1 fully saturated rings. The molecular weight excluding hydrogens is 310 g/mol. The summed E-state index contributed by atoms with van der Waals surface area (Å²) in [6.07, 6.45) is 6.97. The van der Waals surface area contributed by atoms with Crippen LogP contribution < -0.4 is 0 Å². The van der Waals surface area contributed by atoms with Crippen molar-refractivity contribution < 1.29 is 0 Å². The molecule has 2 heterocycles.